The monoisotopic (exact) mass is 242 g/mol. The lowest BCUT2D eigenvalue weighted by atomic mass is 10.2. The molecule has 0 radical (unpaired) electrons. The molecular formula is C14H30N2O. The second kappa shape index (κ2) is 8.90. The fourth-order valence-corrected chi connectivity index (χ4v) is 2.19. The van der Waals surface area contributed by atoms with E-state index in [4.69, 9.17) is 4.74 Å². The Hall–Kier alpha value is -0.120. The van der Waals surface area contributed by atoms with Gasteiger partial charge in [0.15, 0.2) is 0 Å². The molecule has 1 aliphatic rings. The van der Waals surface area contributed by atoms with E-state index in [9.17, 15) is 0 Å². The molecule has 1 atom stereocenters. The van der Waals surface area contributed by atoms with Crippen molar-refractivity contribution in [3.8, 4) is 0 Å². The summed E-state index contributed by atoms with van der Waals surface area (Å²) in [6.45, 7) is 10.2. The van der Waals surface area contributed by atoms with E-state index in [0.29, 0.717) is 6.04 Å². The van der Waals surface area contributed by atoms with E-state index in [1.165, 1.54) is 32.4 Å². The van der Waals surface area contributed by atoms with Crippen molar-refractivity contribution in [1.29, 1.82) is 0 Å². The third-order valence-electron chi connectivity index (χ3n) is 3.47. The van der Waals surface area contributed by atoms with E-state index in [1.54, 1.807) is 7.11 Å². The van der Waals surface area contributed by atoms with Crippen molar-refractivity contribution in [2.24, 2.45) is 5.92 Å². The van der Waals surface area contributed by atoms with E-state index in [0.717, 1.165) is 32.0 Å². The van der Waals surface area contributed by atoms with Gasteiger partial charge in [0.05, 0.1) is 0 Å². The Balaban J connectivity index is 2.09. The topological polar surface area (TPSA) is 24.5 Å². The Labute approximate surface area is 107 Å². The first-order valence-electron chi connectivity index (χ1n) is 7.21. The third-order valence-corrected chi connectivity index (χ3v) is 3.47. The minimum absolute atomic E-state index is 0.665. The summed E-state index contributed by atoms with van der Waals surface area (Å²) in [7, 11) is 1.77. The Bertz CT molecular complexity index is 183. The molecule has 1 rings (SSSR count). The van der Waals surface area contributed by atoms with Gasteiger partial charge in [-0.3, -0.25) is 4.90 Å². The second-order valence-electron chi connectivity index (χ2n) is 5.34. The lowest BCUT2D eigenvalue weighted by Gasteiger charge is -2.29. The smallest absolute Gasteiger partial charge is 0.0474 e. The first-order chi connectivity index (χ1) is 8.27. The molecular weight excluding hydrogens is 212 g/mol. The predicted octanol–water partition coefficient (Wildman–Crippen LogP) is 2.12. The van der Waals surface area contributed by atoms with Gasteiger partial charge in [-0.25, -0.2) is 0 Å². The summed E-state index contributed by atoms with van der Waals surface area (Å²) in [6.07, 6.45) is 5.28. The maximum atomic E-state index is 5.05. The summed E-state index contributed by atoms with van der Waals surface area (Å²) in [5.74, 6) is 0.998. The molecule has 1 N–H and O–H groups in total. The van der Waals surface area contributed by atoms with Crippen LogP contribution in [0.2, 0.25) is 0 Å². The van der Waals surface area contributed by atoms with Crippen LogP contribution in [0.5, 0.6) is 0 Å². The van der Waals surface area contributed by atoms with Crippen LogP contribution in [0, 0.1) is 5.92 Å². The van der Waals surface area contributed by atoms with Crippen LogP contribution in [-0.4, -0.2) is 50.8 Å². The standard InChI is InChI=1S/C14H30N2O/c1-4-9-16(12-14-6-7-14)13(2)11-15-8-5-10-17-3/h13-15H,4-12H2,1-3H3. The fourth-order valence-electron chi connectivity index (χ4n) is 2.19. The summed E-state index contributed by atoms with van der Waals surface area (Å²) in [5.41, 5.74) is 0. The highest BCUT2D eigenvalue weighted by molar-refractivity contribution is 4.80. The van der Waals surface area contributed by atoms with Gasteiger partial charge in [-0.05, 0) is 51.6 Å². The molecule has 3 heteroatoms. The molecule has 0 amide bonds. The molecule has 0 aromatic carbocycles. The average Bonchev–Trinajstić information content (AvgIpc) is 3.12. The van der Waals surface area contributed by atoms with Gasteiger partial charge < -0.3 is 10.1 Å². The highest BCUT2D eigenvalue weighted by atomic mass is 16.5. The van der Waals surface area contributed by atoms with Crippen molar-refractivity contribution in [2.45, 2.75) is 45.6 Å². The predicted molar refractivity (Wildman–Crippen MR) is 73.4 cm³/mol. The number of hydrogen-bond acceptors (Lipinski definition) is 3. The lowest BCUT2D eigenvalue weighted by Crippen LogP contribution is -2.42. The Morgan fingerprint density at radius 1 is 1.41 bits per heavy atom. The SMILES string of the molecule is CCCN(CC1CC1)C(C)CNCCCOC. The van der Waals surface area contributed by atoms with Gasteiger partial charge in [-0.1, -0.05) is 6.92 Å². The van der Waals surface area contributed by atoms with Gasteiger partial charge in [0.2, 0.25) is 0 Å². The normalized spacial score (nSPS) is 17.6. The molecule has 3 nitrogen and oxygen atoms in total. The third kappa shape index (κ3) is 7.02. The van der Waals surface area contributed by atoms with Crippen LogP contribution in [0.4, 0.5) is 0 Å². The van der Waals surface area contributed by atoms with Crippen molar-refractivity contribution in [2.75, 3.05) is 39.9 Å². The van der Waals surface area contributed by atoms with E-state index in [2.05, 4.69) is 24.1 Å². The van der Waals surface area contributed by atoms with Crippen LogP contribution in [0.1, 0.15) is 39.5 Å². The summed E-state index contributed by atoms with van der Waals surface area (Å²) >= 11 is 0. The number of nitrogens with zero attached hydrogens (tertiary/aromatic N) is 1. The summed E-state index contributed by atoms with van der Waals surface area (Å²) in [4.78, 5) is 2.65. The summed E-state index contributed by atoms with van der Waals surface area (Å²) in [5, 5.41) is 3.53. The molecule has 0 aliphatic heterocycles. The highest BCUT2D eigenvalue weighted by Crippen LogP contribution is 2.30. The van der Waals surface area contributed by atoms with Gasteiger partial charge in [0, 0.05) is 32.8 Å². The maximum absolute atomic E-state index is 5.05. The highest BCUT2D eigenvalue weighted by Gasteiger charge is 2.25. The average molecular weight is 242 g/mol. The second-order valence-corrected chi connectivity index (χ2v) is 5.34. The first-order valence-corrected chi connectivity index (χ1v) is 7.21. The van der Waals surface area contributed by atoms with Gasteiger partial charge in [0.1, 0.15) is 0 Å². The molecule has 0 aromatic heterocycles. The van der Waals surface area contributed by atoms with Crippen molar-refractivity contribution < 1.29 is 4.74 Å². The van der Waals surface area contributed by atoms with Crippen LogP contribution in [0.25, 0.3) is 0 Å². The Morgan fingerprint density at radius 3 is 2.76 bits per heavy atom. The van der Waals surface area contributed by atoms with Crippen LogP contribution >= 0.6 is 0 Å². The zero-order valence-electron chi connectivity index (χ0n) is 11.9. The zero-order valence-corrected chi connectivity index (χ0v) is 11.9. The summed E-state index contributed by atoms with van der Waals surface area (Å²) in [6, 6.07) is 0.665. The van der Waals surface area contributed by atoms with Crippen molar-refractivity contribution in [3.63, 3.8) is 0 Å². The molecule has 0 heterocycles. The van der Waals surface area contributed by atoms with Crippen molar-refractivity contribution in [1.82, 2.24) is 10.2 Å². The first kappa shape index (κ1) is 14.9. The van der Waals surface area contributed by atoms with Crippen LogP contribution in [-0.2, 0) is 4.74 Å². The Kier molecular flexibility index (Phi) is 7.82. The van der Waals surface area contributed by atoms with Crippen molar-refractivity contribution >= 4 is 0 Å². The van der Waals surface area contributed by atoms with Gasteiger partial charge in [0.25, 0.3) is 0 Å². The molecule has 0 aromatic rings. The molecule has 1 unspecified atom stereocenters. The molecule has 1 aliphatic carbocycles. The van der Waals surface area contributed by atoms with Crippen LogP contribution in [0.3, 0.4) is 0 Å². The van der Waals surface area contributed by atoms with E-state index >= 15 is 0 Å². The zero-order chi connectivity index (χ0) is 12.5. The fraction of sp³-hybridized carbons (Fsp3) is 1.00. The van der Waals surface area contributed by atoms with E-state index in [-0.39, 0.29) is 0 Å². The molecule has 0 spiro atoms. The number of methoxy groups -OCH3 is 1. The number of hydrogen-bond donors (Lipinski definition) is 1. The minimum Gasteiger partial charge on any atom is -0.385 e. The summed E-state index contributed by atoms with van der Waals surface area (Å²) < 4.78 is 5.05. The number of ether oxygens (including phenoxy) is 1. The van der Waals surface area contributed by atoms with Crippen LogP contribution < -0.4 is 5.32 Å². The Morgan fingerprint density at radius 2 is 2.18 bits per heavy atom. The van der Waals surface area contributed by atoms with Gasteiger partial charge in [-0.2, -0.15) is 0 Å². The lowest BCUT2D eigenvalue weighted by molar-refractivity contribution is 0.184. The largest absolute Gasteiger partial charge is 0.385 e. The number of rotatable bonds is 11. The molecule has 17 heavy (non-hydrogen) atoms. The van der Waals surface area contributed by atoms with Gasteiger partial charge >= 0.3 is 0 Å². The van der Waals surface area contributed by atoms with Gasteiger partial charge in [-0.15, -0.1) is 0 Å². The quantitative estimate of drug-likeness (QED) is 0.562. The molecule has 0 bridgehead atoms. The minimum atomic E-state index is 0.665. The molecule has 0 saturated heterocycles. The van der Waals surface area contributed by atoms with Crippen LogP contribution in [0.15, 0.2) is 0 Å². The van der Waals surface area contributed by atoms with Crippen molar-refractivity contribution in [3.05, 3.63) is 0 Å². The van der Waals surface area contributed by atoms with E-state index in [1.807, 2.05) is 0 Å². The maximum Gasteiger partial charge on any atom is 0.0474 e. The molecule has 1 saturated carbocycles. The molecule has 102 valence electrons. The van der Waals surface area contributed by atoms with E-state index < -0.39 is 0 Å². The molecule has 1 fully saturated rings. The number of nitrogens with one attached hydrogen (secondary N) is 1.